The number of ether oxygens (including phenoxy) is 2. The molecule has 0 saturated heterocycles. The van der Waals surface area contributed by atoms with Crippen LogP contribution >= 0.6 is 0 Å². The van der Waals surface area contributed by atoms with Gasteiger partial charge < -0.3 is 18.4 Å². The van der Waals surface area contributed by atoms with Crippen molar-refractivity contribution < 1.29 is 18.4 Å². The van der Waals surface area contributed by atoms with E-state index in [1.807, 2.05) is 0 Å². The van der Waals surface area contributed by atoms with Gasteiger partial charge in [-0.05, 0) is 54.4 Å². The zero-order valence-electron chi connectivity index (χ0n) is 23.3. The minimum Gasteiger partial charge on any atom is -0.376 e. The van der Waals surface area contributed by atoms with Gasteiger partial charge in [-0.15, -0.1) is 0 Å². The molecule has 0 heterocycles. The molecule has 4 heteroatoms. The Morgan fingerprint density at radius 2 is 0.594 bits per heavy atom. The molecular formula is C28H62N2O2+2. The summed E-state index contributed by atoms with van der Waals surface area (Å²) in [5.41, 5.74) is 0. The topological polar surface area (TPSA) is 18.5 Å². The van der Waals surface area contributed by atoms with E-state index in [-0.39, 0.29) is 0 Å². The second kappa shape index (κ2) is 21.4. The maximum Gasteiger partial charge on any atom is 0.102 e. The summed E-state index contributed by atoms with van der Waals surface area (Å²) in [4.78, 5) is 0. The Morgan fingerprint density at radius 3 is 0.844 bits per heavy atom. The molecule has 0 aliphatic heterocycles. The van der Waals surface area contributed by atoms with Gasteiger partial charge in [0.25, 0.3) is 0 Å². The molecule has 194 valence electrons. The average Bonchev–Trinajstić information content (AvgIpc) is 2.84. The van der Waals surface area contributed by atoms with Gasteiger partial charge in [0.15, 0.2) is 0 Å². The van der Waals surface area contributed by atoms with Crippen LogP contribution < -0.4 is 0 Å². The second-order valence-electron chi connectivity index (χ2n) is 9.79. The zero-order valence-corrected chi connectivity index (χ0v) is 23.3. The molecular weight excluding hydrogens is 396 g/mol. The highest BCUT2D eigenvalue weighted by molar-refractivity contribution is 4.49. The summed E-state index contributed by atoms with van der Waals surface area (Å²) >= 11 is 0. The normalized spacial score (nSPS) is 12.6. The largest absolute Gasteiger partial charge is 0.376 e. The van der Waals surface area contributed by atoms with Crippen molar-refractivity contribution in [3.63, 3.8) is 0 Å². The number of unbranched alkanes of at least 4 members (excludes halogenated alkanes) is 9. The number of hydrogen-bond donors (Lipinski definition) is 0. The quantitative estimate of drug-likeness (QED) is 0.112. The average molecular weight is 459 g/mol. The van der Waals surface area contributed by atoms with E-state index in [1.54, 1.807) is 0 Å². The Labute approximate surface area is 203 Å². The van der Waals surface area contributed by atoms with Gasteiger partial charge in [-0.1, -0.05) is 51.4 Å². The van der Waals surface area contributed by atoms with Crippen molar-refractivity contribution in [3.05, 3.63) is 0 Å². The second-order valence-corrected chi connectivity index (χ2v) is 9.79. The SMILES string of the molecule is CC[N+](CC)(CC)CCOCCCCCCCCCCCCOCC[N+](CC)(CC)CC. The van der Waals surface area contributed by atoms with Gasteiger partial charge >= 0.3 is 0 Å². The fourth-order valence-electron chi connectivity index (χ4n) is 4.83. The number of rotatable bonds is 25. The Kier molecular flexibility index (Phi) is 21.3. The fraction of sp³-hybridized carbons (Fsp3) is 1.00. The summed E-state index contributed by atoms with van der Waals surface area (Å²) in [6, 6.07) is 0. The molecule has 0 fully saturated rings. The van der Waals surface area contributed by atoms with Crippen molar-refractivity contribution >= 4 is 0 Å². The molecule has 0 rings (SSSR count). The number of hydrogen-bond acceptors (Lipinski definition) is 2. The highest BCUT2D eigenvalue weighted by Crippen LogP contribution is 2.11. The van der Waals surface area contributed by atoms with Crippen LogP contribution in [0.5, 0.6) is 0 Å². The van der Waals surface area contributed by atoms with Gasteiger partial charge in [0.2, 0.25) is 0 Å². The van der Waals surface area contributed by atoms with Crippen LogP contribution in [0, 0.1) is 0 Å². The molecule has 0 aromatic rings. The summed E-state index contributed by atoms with van der Waals surface area (Å²) in [6.07, 6.45) is 13.5. The minimum absolute atomic E-state index is 0.927. The van der Waals surface area contributed by atoms with E-state index in [9.17, 15) is 0 Å². The predicted molar refractivity (Wildman–Crippen MR) is 141 cm³/mol. The lowest BCUT2D eigenvalue weighted by molar-refractivity contribution is -0.923. The molecule has 0 amide bonds. The summed E-state index contributed by atoms with van der Waals surface area (Å²) in [5.74, 6) is 0. The van der Waals surface area contributed by atoms with Crippen molar-refractivity contribution in [1.82, 2.24) is 0 Å². The third-order valence-electron chi connectivity index (χ3n) is 8.27. The minimum atomic E-state index is 0.927. The molecule has 32 heavy (non-hydrogen) atoms. The van der Waals surface area contributed by atoms with E-state index in [0.29, 0.717) is 0 Å². The van der Waals surface area contributed by atoms with Crippen LogP contribution in [0.2, 0.25) is 0 Å². The first-order valence-electron chi connectivity index (χ1n) is 14.4. The molecule has 0 unspecified atom stereocenters. The predicted octanol–water partition coefficient (Wildman–Crippen LogP) is 6.67. The first-order valence-corrected chi connectivity index (χ1v) is 14.4. The molecule has 0 saturated carbocycles. The maximum atomic E-state index is 5.91. The summed E-state index contributed by atoms with van der Waals surface area (Å²) in [6.45, 7) is 27.3. The lowest BCUT2D eigenvalue weighted by Crippen LogP contribution is -2.49. The van der Waals surface area contributed by atoms with E-state index in [4.69, 9.17) is 9.47 Å². The molecule has 0 aliphatic rings. The van der Waals surface area contributed by atoms with E-state index in [2.05, 4.69) is 41.5 Å². The summed E-state index contributed by atoms with van der Waals surface area (Å²) in [7, 11) is 0. The van der Waals surface area contributed by atoms with Crippen LogP contribution in [0.1, 0.15) is 106 Å². The molecule has 4 nitrogen and oxygen atoms in total. The van der Waals surface area contributed by atoms with Crippen LogP contribution in [-0.2, 0) is 9.47 Å². The highest BCUT2D eigenvalue weighted by Gasteiger charge is 2.20. The third-order valence-corrected chi connectivity index (χ3v) is 8.27. The van der Waals surface area contributed by atoms with E-state index >= 15 is 0 Å². The molecule has 0 N–H and O–H groups in total. The van der Waals surface area contributed by atoms with E-state index in [1.165, 1.54) is 126 Å². The summed E-state index contributed by atoms with van der Waals surface area (Å²) in [5, 5.41) is 0. The highest BCUT2D eigenvalue weighted by atomic mass is 16.5. The Balaban J connectivity index is 3.33. The Bertz CT molecular complexity index is 329. The molecule has 0 spiro atoms. The monoisotopic (exact) mass is 458 g/mol. The van der Waals surface area contributed by atoms with Crippen molar-refractivity contribution in [3.8, 4) is 0 Å². The van der Waals surface area contributed by atoms with Crippen LogP contribution in [0.25, 0.3) is 0 Å². The van der Waals surface area contributed by atoms with E-state index < -0.39 is 0 Å². The fourth-order valence-corrected chi connectivity index (χ4v) is 4.83. The maximum absolute atomic E-state index is 5.91. The summed E-state index contributed by atoms with van der Waals surface area (Å²) < 4.78 is 14.2. The van der Waals surface area contributed by atoms with Crippen LogP contribution in [0.15, 0.2) is 0 Å². The van der Waals surface area contributed by atoms with Gasteiger partial charge in [-0.2, -0.15) is 0 Å². The third kappa shape index (κ3) is 14.9. The molecule has 0 aliphatic carbocycles. The molecule has 0 radical (unpaired) electrons. The zero-order chi connectivity index (χ0) is 24.0. The van der Waals surface area contributed by atoms with Crippen molar-refractivity contribution in [2.45, 2.75) is 106 Å². The van der Waals surface area contributed by atoms with E-state index in [0.717, 1.165) is 26.4 Å². The lowest BCUT2D eigenvalue weighted by atomic mass is 10.1. The molecule has 0 aromatic carbocycles. The Hall–Kier alpha value is -0.160. The first kappa shape index (κ1) is 31.8. The molecule has 0 aromatic heterocycles. The van der Waals surface area contributed by atoms with Crippen LogP contribution in [-0.4, -0.2) is 87.8 Å². The smallest absolute Gasteiger partial charge is 0.102 e. The molecule has 0 bridgehead atoms. The van der Waals surface area contributed by atoms with Crippen molar-refractivity contribution in [2.24, 2.45) is 0 Å². The van der Waals surface area contributed by atoms with Crippen molar-refractivity contribution in [1.29, 1.82) is 0 Å². The number of nitrogens with zero attached hydrogens (tertiary/aromatic N) is 2. The molecule has 0 atom stereocenters. The number of quaternary nitrogens is 2. The lowest BCUT2D eigenvalue weighted by Gasteiger charge is -2.35. The van der Waals surface area contributed by atoms with Gasteiger partial charge in [-0.3, -0.25) is 0 Å². The van der Waals surface area contributed by atoms with Gasteiger partial charge in [0, 0.05) is 13.2 Å². The first-order chi connectivity index (χ1) is 15.6. The van der Waals surface area contributed by atoms with Crippen molar-refractivity contribution in [2.75, 3.05) is 78.8 Å². The van der Waals surface area contributed by atoms with Crippen LogP contribution in [0.3, 0.4) is 0 Å². The standard InChI is InChI=1S/C28H62N2O2/c1-7-29(8-2,9-3)23-27-31-25-21-19-17-15-13-14-16-18-20-22-26-32-28-24-30(10-4,11-5)12-6/h7-28H2,1-6H3/q+2. The van der Waals surface area contributed by atoms with Gasteiger partial charge in [0.1, 0.15) is 13.1 Å². The van der Waals surface area contributed by atoms with Crippen LogP contribution in [0.4, 0.5) is 0 Å². The van der Waals surface area contributed by atoms with Gasteiger partial charge in [-0.25, -0.2) is 0 Å². The Morgan fingerprint density at radius 1 is 0.344 bits per heavy atom. The van der Waals surface area contributed by atoms with Gasteiger partial charge in [0.05, 0.1) is 52.5 Å². The number of likely N-dealkylation sites (N-methyl/N-ethyl adjacent to an activating group) is 2.